The molecule has 1 amide bonds. The molecular weight excluding hydrogens is 228 g/mol. The molecular formula is C14H20N2O2. The summed E-state index contributed by atoms with van der Waals surface area (Å²) in [4.78, 5) is 13.9. The van der Waals surface area contributed by atoms with Crippen LogP contribution in [0.3, 0.4) is 0 Å². The Morgan fingerprint density at radius 2 is 2.39 bits per heavy atom. The average molecular weight is 248 g/mol. The van der Waals surface area contributed by atoms with E-state index in [2.05, 4.69) is 24.4 Å². The Morgan fingerprint density at radius 3 is 3.06 bits per heavy atom. The molecule has 1 aliphatic rings. The Hall–Kier alpha value is -1.39. The second-order valence-corrected chi connectivity index (χ2v) is 4.76. The number of ether oxygens (including phenoxy) is 1. The maximum atomic E-state index is 12.2. The van der Waals surface area contributed by atoms with Gasteiger partial charge in [-0.1, -0.05) is 29.8 Å². The molecule has 1 atom stereocenters. The number of carbonyl (C=O) groups is 1. The summed E-state index contributed by atoms with van der Waals surface area (Å²) in [5, 5.41) is 3.18. The van der Waals surface area contributed by atoms with Gasteiger partial charge in [0.25, 0.3) is 0 Å². The van der Waals surface area contributed by atoms with Crippen molar-refractivity contribution in [2.45, 2.75) is 19.5 Å². The van der Waals surface area contributed by atoms with E-state index >= 15 is 0 Å². The molecule has 98 valence electrons. The summed E-state index contributed by atoms with van der Waals surface area (Å²) in [6.07, 6.45) is 0. The lowest BCUT2D eigenvalue weighted by Gasteiger charge is -2.27. The van der Waals surface area contributed by atoms with Crippen LogP contribution in [0.5, 0.6) is 0 Å². The van der Waals surface area contributed by atoms with Crippen LogP contribution in [0.15, 0.2) is 24.3 Å². The van der Waals surface area contributed by atoms with Crippen LogP contribution >= 0.6 is 0 Å². The van der Waals surface area contributed by atoms with Gasteiger partial charge in [-0.25, -0.2) is 0 Å². The van der Waals surface area contributed by atoms with Gasteiger partial charge in [0.2, 0.25) is 5.91 Å². The summed E-state index contributed by atoms with van der Waals surface area (Å²) >= 11 is 0. The van der Waals surface area contributed by atoms with Crippen LogP contribution < -0.4 is 5.32 Å². The van der Waals surface area contributed by atoms with Gasteiger partial charge >= 0.3 is 0 Å². The highest BCUT2D eigenvalue weighted by atomic mass is 16.5. The van der Waals surface area contributed by atoms with E-state index in [-0.39, 0.29) is 11.9 Å². The van der Waals surface area contributed by atoms with E-state index in [1.807, 2.05) is 19.2 Å². The Morgan fingerprint density at radius 1 is 1.56 bits per heavy atom. The SMILES string of the molecule is Cc1cccc(CN(C)C(=O)C2COCCN2)c1. The minimum Gasteiger partial charge on any atom is -0.378 e. The van der Waals surface area contributed by atoms with Gasteiger partial charge in [-0.2, -0.15) is 0 Å². The second kappa shape index (κ2) is 5.98. The van der Waals surface area contributed by atoms with Crippen LogP contribution in [-0.2, 0) is 16.1 Å². The Kier molecular flexibility index (Phi) is 4.33. The van der Waals surface area contributed by atoms with Gasteiger partial charge < -0.3 is 15.0 Å². The molecule has 0 aromatic heterocycles. The van der Waals surface area contributed by atoms with Crippen molar-refractivity contribution < 1.29 is 9.53 Å². The number of amides is 1. The van der Waals surface area contributed by atoms with Crippen molar-refractivity contribution in [3.05, 3.63) is 35.4 Å². The van der Waals surface area contributed by atoms with E-state index in [4.69, 9.17) is 4.74 Å². The molecule has 0 saturated carbocycles. The first-order valence-electron chi connectivity index (χ1n) is 6.28. The van der Waals surface area contributed by atoms with Crippen LogP contribution in [-0.4, -0.2) is 43.7 Å². The van der Waals surface area contributed by atoms with Gasteiger partial charge in [0, 0.05) is 20.1 Å². The minimum atomic E-state index is -0.200. The summed E-state index contributed by atoms with van der Waals surface area (Å²) in [6, 6.07) is 8.02. The average Bonchev–Trinajstić information content (AvgIpc) is 2.39. The summed E-state index contributed by atoms with van der Waals surface area (Å²) in [7, 11) is 1.83. The molecule has 4 heteroatoms. The van der Waals surface area contributed by atoms with Crippen molar-refractivity contribution in [2.24, 2.45) is 0 Å². The molecule has 1 N–H and O–H groups in total. The number of likely N-dealkylation sites (N-methyl/N-ethyl adjacent to an activating group) is 1. The van der Waals surface area contributed by atoms with Gasteiger partial charge in [-0.15, -0.1) is 0 Å². The fraction of sp³-hybridized carbons (Fsp3) is 0.500. The van der Waals surface area contributed by atoms with Gasteiger partial charge in [0.05, 0.1) is 13.2 Å². The Labute approximate surface area is 108 Å². The first-order chi connectivity index (χ1) is 8.66. The summed E-state index contributed by atoms with van der Waals surface area (Å²) < 4.78 is 5.31. The zero-order valence-corrected chi connectivity index (χ0v) is 11.0. The van der Waals surface area contributed by atoms with Crippen LogP contribution in [0.4, 0.5) is 0 Å². The van der Waals surface area contributed by atoms with Crippen LogP contribution in [0.25, 0.3) is 0 Å². The van der Waals surface area contributed by atoms with E-state index in [1.165, 1.54) is 5.56 Å². The van der Waals surface area contributed by atoms with Crippen molar-refractivity contribution in [2.75, 3.05) is 26.8 Å². The highest BCUT2D eigenvalue weighted by Crippen LogP contribution is 2.08. The summed E-state index contributed by atoms with van der Waals surface area (Å²) in [5.74, 6) is 0.0937. The molecule has 18 heavy (non-hydrogen) atoms. The number of carbonyl (C=O) groups excluding carboxylic acids is 1. The standard InChI is InChI=1S/C14H20N2O2/c1-11-4-3-5-12(8-11)9-16(2)14(17)13-10-18-7-6-15-13/h3-5,8,13,15H,6-7,9-10H2,1-2H3. The Bertz CT molecular complexity index is 414. The lowest BCUT2D eigenvalue weighted by atomic mass is 10.1. The number of morpholine rings is 1. The number of hydrogen-bond donors (Lipinski definition) is 1. The fourth-order valence-electron chi connectivity index (χ4n) is 2.15. The smallest absolute Gasteiger partial charge is 0.242 e. The molecule has 1 fully saturated rings. The van der Waals surface area contributed by atoms with Crippen molar-refractivity contribution >= 4 is 5.91 Å². The van der Waals surface area contributed by atoms with Crippen molar-refractivity contribution in [1.29, 1.82) is 0 Å². The first kappa shape index (κ1) is 13.1. The van der Waals surface area contributed by atoms with E-state index in [9.17, 15) is 4.79 Å². The topological polar surface area (TPSA) is 41.6 Å². The molecule has 0 aliphatic carbocycles. The predicted octanol–water partition coefficient (Wildman–Crippen LogP) is 0.942. The number of hydrogen-bond acceptors (Lipinski definition) is 3. The lowest BCUT2D eigenvalue weighted by molar-refractivity contribution is -0.135. The maximum Gasteiger partial charge on any atom is 0.242 e. The minimum absolute atomic E-state index is 0.0937. The van der Waals surface area contributed by atoms with E-state index in [0.717, 1.165) is 12.1 Å². The van der Waals surface area contributed by atoms with Crippen molar-refractivity contribution in [3.8, 4) is 0 Å². The molecule has 0 spiro atoms. The van der Waals surface area contributed by atoms with E-state index in [1.54, 1.807) is 4.90 Å². The normalized spacial score (nSPS) is 19.6. The molecule has 1 aromatic rings. The number of nitrogens with one attached hydrogen (secondary N) is 1. The van der Waals surface area contributed by atoms with Crippen LogP contribution in [0, 0.1) is 6.92 Å². The monoisotopic (exact) mass is 248 g/mol. The largest absolute Gasteiger partial charge is 0.378 e. The van der Waals surface area contributed by atoms with Crippen molar-refractivity contribution in [1.82, 2.24) is 10.2 Å². The Balaban J connectivity index is 1.94. The number of rotatable bonds is 3. The molecule has 1 heterocycles. The molecule has 4 nitrogen and oxygen atoms in total. The molecule has 1 aromatic carbocycles. The van der Waals surface area contributed by atoms with Gasteiger partial charge in [-0.3, -0.25) is 4.79 Å². The lowest BCUT2D eigenvalue weighted by Crippen LogP contribution is -2.51. The molecule has 1 unspecified atom stereocenters. The van der Waals surface area contributed by atoms with Gasteiger partial charge in [-0.05, 0) is 12.5 Å². The summed E-state index contributed by atoms with van der Waals surface area (Å²) in [5.41, 5.74) is 2.37. The molecule has 0 bridgehead atoms. The number of aryl methyl sites for hydroxylation is 1. The van der Waals surface area contributed by atoms with E-state index in [0.29, 0.717) is 19.8 Å². The molecule has 0 radical (unpaired) electrons. The quantitative estimate of drug-likeness (QED) is 0.865. The highest BCUT2D eigenvalue weighted by molar-refractivity contribution is 5.81. The second-order valence-electron chi connectivity index (χ2n) is 4.76. The van der Waals surface area contributed by atoms with Crippen LogP contribution in [0.1, 0.15) is 11.1 Å². The third kappa shape index (κ3) is 3.31. The van der Waals surface area contributed by atoms with Crippen LogP contribution in [0.2, 0.25) is 0 Å². The highest BCUT2D eigenvalue weighted by Gasteiger charge is 2.24. The molecule has 1 saturated heterocycles. The fourth-order valence-corrected chi connectivity index (χ4v) is 2.15. The third-order valence-corrected chi connectivity index (χ3v) is 3.10. The first-order valence-corrected chi connectivity index (χ1v) is 6.28. The predicted molar refractivity (Wildman–Crippen MR) is 70.3 cm³/mol. The number of nitrogens with zero attached hydrogens (tertiary/aromatic N) is 1. The van der Waals surface area contributed by atoms with Crippen molar-refractivity contribution in [3.63, 3.8) is 0 Å². The maximum absolute atomic E-state index is 12.2. The van der Waals surface area contributed by atoms with Gasteiger partial charge in [0.1, 0.15) is 6.04 Å². The van der Waals surface area contributed by atoms with Gasteiger partial charge in [0.15, 0.2) is 0 Å². The third-order valence-electron chi connectivity index (χ3n) is 3.10. The number of benzene rings is 1. The van der Waals surface area contributed by atoms with E-state index < -0.39 is 0 Å². The zero-order valence-electron chi connectivity index (χ0n) is 11.0. The summed E-state index contributed by atoms with van der Waals surface area (Å²) in [6.45, 7) is 4.59. The molecule has 2 rings (SSSR count). The molecule has 1 aliphatic heterocycles. The zero-order chi connectivity index (χ0) is 13.0.